The molecule has 4 heteroatoms. The van der Waals surface area contributed by atoms with E-state index in [0.717, 1.165) is 5.56 Å². The Morgan fingerprint density at radius 3 is 2.24 bits per heavy atom. The third-order valence-electron chi connectivity index (χ3n) is 4.91. The van der Waals surface area contributed by atoms with Crippen molar-refractivity contribution in [2.45, 2.75) is 58.0 Å². The molecule has 116 valence electrons. The minimum atomic E-state index is -1.85. The van der Waals surface area contributed by atoms with Crippen LogP contribution in [0.4, 0.5) is 0 Å². The Morgan fingerprint density at radius 1 is 1.19 bits per heavy atom. The molecule has 1 aliphatic heterocycles. The topological polar surface area (TPSA) is 38.3 Å². The van der Waals surface area contributed by atoms with Crippen molar-refractivity contribution in [1.29, 1.82) is 0 Å². The summed E-state index contributed by atoms with van der Waals surface area (Å²) in [5, 5.41) is 3.17. The van der Waals surface area contributed by atoms with Crippen LogP contribution in [-0.2, 0) is 9.22 Å². The van der Waals surface area contributed by atoms with Crippen LogP contribution in [0.5, 0.6) is 0 Å². The first-order chi connectivity index (χ1) is 9.63. The van der Waals surface area contributed by atoms with Gasteiger partial charge in [0.25, 0.3) is 0 Å². The molecule has 1 aromatic rings. The molecule has 0 aliphatic carbocycles. The van der Waals surface area contributed by atoms with Crippen LogP contribution in [0.3, 0.4) is 0 Å². The Bertz CT molecular complexity index is 507. The Balaban J connectivity index is 2.11. The molecule has 0 spiro atoms. The molecule has 0 radical (unpaired) electrons. The number of rotatable bonds is 4. The lowest BCUT2D eigenvalue weighted by Crippen LogP contribution is -2.58. The third kappa shape index (κ3) is 3.21. The fourth-order valence-corrected chi connectivity index (χ4v) is 3.97. The maximum atomic E-state index is 12.0. The van der Waals surface area contributed by atoms with Crippen molar-refractivity contribution in [1.82, 2.24) is 5.32 Å². The van der Waals surface area contributed by atoms with Crippen LogP contribution >= 0.6 is 0 Å². The molecule has 3 atom stereocenters. The molecule has 1 aromatic carbocycles. The van der Waals surface area contributed by atoms with E-state index >= 15 is 0 Å². The van der Waals surface area contributed by atoms with Gasteiger partial charge in [-0.2, -0.15) is 0 Å². The number of carbonyl (C=O) groups is 1. The lowest BCUT2D eigenvalue weighted by Gasteiger charge is -2.45. The summed E-state index contributed by atoms with van der Waals surface area (Å²) in [6, 6.07) is 10.2. The molecule has 1 N–H and O–H groups in total. The van der Waals surface area contributed by atoms with Gasteiger partial charge in [0.15, 0.2) is 8.32 Å². The summed E-state index contributed by atoms with van der Waals surface area (Å²) in [5.41, 5.74) is 1.16. The fourth-order valence-electron chi connectivity index (χ4n) is 2.54. The van der Waals surface area contributed by atoms with Crippen molar-refractivity contribution in [2.24, 2.45) is 5.92 Å². The zero-order valence-corrected chi connectivity index (χ0v) is 14.9. The van der Waals surface area contributed by atoms with Crippen LogP contribution in [-0.4, -0.2) is 20.3 Å². The Morgan fingerprint density at radius 2 is 1.76 bits per heavy atom. The average Bonchev–Trinajstić information content (AvgIpc) is 2.34. The van der Waals surface area contributed by atoms with E-state index in [4.69, 9.17) is 4.43 Å². The van der Waals surface area contributed by atoms with Gasteiger partial charge in [0.05, 0.1) is 18.1 Å². The Hall–Kier alpha value is -1.13. The van der Waals surface area contributed by atoms with Crippen molar-refractivity contribution < 1.29 is 9.22 Å². The SMILES string of the molecule is CC(O[Si](C)(C)C(C)(C)C)[C@H]1C(=O)N[C@@H]1c1ccccc1. The van der Waals surface area contributed by atoms with Crippen molar-refractivity contribution in [3.8, 4) is 0 Å². The van der Waals surface area contributed by atoms with Gasteiger partial charge in [-0.1, -0.05) is 51.1 Å². The minimum Gasteiger partial charge on any atom is -0.413 e. The molecule has 3 nitrogen and oxygen atoms in total. The molecule has 1 heterocycles. The van der Waals surface area contributed by atoms with E-state index < -0.39 is 8.32 Å². The molecule has 1 unspecified atom stereocenters. The second kappa shape index (κ2) is 5.58. The highest BCUT2D eigenvalue weighted by Gasteiger charge is 2.47. The molecule has 1 saturated heterocycles. The number of hydrogen-bond acceptors (Lipinski definition) is 2. The Kier molecular flexibility index (Phi) is 4.31. The first-order valence-corrected chi connectivity index (χ1v) is 10.6. The molecule has 21 heavy (non-hydrogen) atoms. The summed E-state index contributed by atoms with van der Waals surface area (Å²) in [6.07, 6.45) is -0.0511. The second-order valence-electron chi connectivity index (χ2n) is 7.51. The minimum absolute atomic E-state index is 0.0511. The number of hydrogen-bond donors (Lipinski definition) is 1. The van der Waals surface area contributed by atoms with Gasteiger partial charge in [0.2, 0.25) is 5.91 Å². The van der Waals surface area contributed by atoms with E-state index in [9.17, 15) is 4.79 Å². The van der Waals surface area contributed by atoms with Crippen molar-refractivity contribution >= 4 is 14.2 Å². The van der Waals surface area contributed by atoms with Gasteiger partial charge < -0.3 is 9.74 Å². The summed E-state index contributed by atoms with van der Waals surface area (Å²) in [5.74, 6) is 0.0246. The lowest BCUT2D eigenvalue weighted by molar-refractivity contribution is -0.140. The zero-order chi connectivity index (χ0) is 15.8. The van der Waals surface area contributed by atoms with Gasteiger partial charge in [-0.3, -0.25) is 4.79 Å². The predicted octanol–water partition coefficient (Wildman–Crippen LogP) is 3.88. The lowest BCUT2D eigenvalue weighted by atomic mass is 9.82. The molecule has 1 aliphatic rings. The van der Waals surface area contributed by atoms with Crippen LogP contribution in [0, 0.1) is 5.92 Å². The van der Waals surface area contributed by atoms with E-state index in [0.29, 0.717) is 0 Å². The van der Waals surface area contributed by atoms with Crippen LogP contribution in [0.25, 0.3) is 0 Å². The van der Waals surface area contributed by atoms with Gasteiger partial charge >= 0.3 is 0 Å². The molecule has 0 saturated carbocycles. The standard InChI is InChI=1S/C17H27NO2Si/c1-12(20-21(5,6)17(2,3)4)14-15(18-16(14)19)13-10-8-7-9-11-13/h7-12,14-15H,1-6H3,(H,18,19)/t12?,14-,15-/m1/s1. The molecule has 2 rings (SSSR count). The zero-order valence-electron chi connectivity index (χ0n) is 13.9. The number of benzene rings is 1. The van der Waals surface area contributed by atoms with Gasteiger partial charge in [-0.05, 0) is 30.6 Å². The van der Waals surface area contributed by atoms with Crippen molar-refractivity contribution in [3.05, 3.63) is 35.9 Å². The van der Waals surface area contributed by atoms with E-state index in [1.807, 2.05) is 25.1 Å². The molecular weight excluding hydrogens is 278 g/mol. The van der Waals surface area contributed by atoms with Gasteiger partial charge in [0.1, 0.15) is 0 Å². The Labute approximate surface area is 129 Å². The maximum Gasteiger partial charge on any atom is 0.228 e. The number of amides is 1. The summed E-state index contributed by atoms with van der Waals surface area (Å²) < 4.78 is 6.41. The maximum absolute atomic E-state index is 12.0. The highest BCUT2D eigenvalue weighted by Crippen LogP contribution is 2.41. The van der Waals surface area contributed by atoms with Crippen LogP contribution in [0.2, 0.25) is 18.1 Å². The number of β-lactam (4-membered cyclic amide) rings is 1. The van der Waals surface area contributed by atoms with Gasteiger partial charge in [0, 0.05) is 0 Å². The van der Waals surface area contributed by atoms with Crippen LogP contribution < -0.4 is 5.32 Å². The third-order valence-corrected chi connectivity index (χ3v) is 9.48. The smallest absolute Gasteiger partial charge is 0.228 e. The monoisotopic (exact) mass is 305 g/mol. The average molecular weight is 305 g/mol. The number of carbonyl (C=O) groups excluding carboxylic acids is 1. The quantitative estimate of drug-likeness (QED) is 0.677. The predicted molar refractivity (Wildman–Crippen MR) is 88.6 cm³/mol. The number of nitrogens with one attached hydrogen (secondary N) is 1. The van der Waals surface area contributed by atoms with Gasteiger partial charge in [-0.25, -0.2) is 0 Å². The van der Waals surface area contributed by atoms with E-state index in [1.165, 1.54) is 0 Å². The molecule has 1 fully saturated rings. The van der Waals surface area contributed by atoms with Crippen molar-refractivity contribution in [3.63, 3.8) is 0 Å². The highest BCUT2D eigenvalue weighted by molar-refractivity contribution is 6.74. The largest absolute Gasteiger partial charge is 0.413 e. The molecular formula is C17H27NO2Si. The first-order valence-electron chi connectivity index (χ1n) is 7.66. The fraction of sp³-hybridized carbons (Fsp3) is 0.588. The second-order valence-corrected chi connectivity index (χ2v) is 12.3. The highest BCUT2D eigenvalue weighted by atomic mass is 28.4. The van der Waals surface area contributed by atoms with Crippen LogP contribution in [0.15, 0.2) is 30.3 Å². The summed E-state index contributed by atoms with van der Waals surface area (Å²) in [7, 11) is -1.85. The van der Waals surface area contributed by atoms with E-state index in [2.05, 4.69) is 51.3 Å². The van der Waals surface area contributed by atoms with Crippen molar-refractivity contribution in [2.75, 3.05) is 0 Å². The summed E-state index contributed by atoms with van der Waals surface area (Å²) in [6.45, 7) is 13.2. The van der Waals surface area contributed by atoms with E-state index in [-0.39, 0.29) is 29.0 Å². The summed E-state index contributed by atoms with van der Waals surface area (Å²) >= 11 is 0. The van der Waals surface area contributed by atoms with Gasteiger partial charge in [-0.15, -0.1) is 0 Å². The molecule has 0 bridgehead atoms. The van der Waals surface area contributed by atoms with Crippen LogP contribution in [0.1, 0.15) is 39.3 Å². The van der Waals surface area contributed by atoms with E-state index in [1.54, 1.807) is 0 Å². The molecule has 1 amide bonds. The summed E-state index contributed by atoms with van der Waals surface area (Å²) in [4.78, 5) is 12.0. The normalized spacial score (nSPS) is 24.2. The first kappa shape index (κ1) is 16.2. The molecule has 0 aromatic heterocycles.